The first-order valence-corrected chi connectivity index (χ1v) is 5.71. The van der Waals surface area contributed by atoms with Crippen LogP contribution in [0.15, 0.2) is 0 Å². The summed E-state index contributed by atoms with van der Waals surface area (Å²) in [5, 5.41) is 3.04. The highest BCUT2D eigenvalue weighted by molar-refractivity contribution is 5.85. The molecule has 0 aromatic heterocycles. The molecule has 2 amide bonds. The molecule has 0 aromatic carbocycles. The summed E-state index contributed by atoms with van der Waals surface area (Å²) in [6.07, 6.45) is 0.0458. The molecular formula is C11H21N3O3. The number of ether oxygens (including phenoxy) is 1. The molecule has 1 heterocycles. The summed E-state index contributed by atoms with van der Waals surface area (Å²) in [5.41, 5.74) is 4.72. The van der Waals surface area contributed by atoms with Gasteiger partial charge in [-0.15, -0.1) is 0 Å². The van der Waals surface area contributed by atoms with Crippen molar-refractivity contribution in [3.8, 4) is 0 Å². The van der Waals surface area contributed by atoms with Crippen molar-refractivity contribution >= 4 is 12.0 Å². The maximum atomic E-state index is 11.9. The number of likely N-dealkylation sites (N-methyl/N-ethyl adjacent to an activating group) is 1. The molecule has 1 aliphatic heterocycles. The number of hydrogen-bond donors (Lipinski definition) is 2. The van der Waals surface area contributed by atoms with Gasteiger partial charge in [0.25, 0.3) is 0 Å². The van der Waals surface area contributed by atoms with Gasteiger partial charge in [0.05, 0.1) is 0 Å². The first-order valence-electron chi connectivity index (χ1n) is 5.71. The van der Waals surface area contributed by atoms with Crippen molar-refractivity contribution in [3.63, 3.8) is 0 Å². The van der Waals surface area contributed by atoms with Crippen LogP contribution in [0.4, 0.5) is 4.79 Å². The van der Waals surface area contributed by atoms with Gasteiger partial charge in [-0.3, -0.25) is 9.69 Å². The van der Waals surface area contributed by atoms with Gasteiger partial charge in [-0.2, -0.15) is 0 Å². The van der Waals surface area contributed by atoms with Crippen molar-refractivity contribution in [3.05, 3.63) is 0 Å². The van der Waals surface area contributed by atoms with Crippen molar-refractivity contribution < 1.29 is 14.3 Å². The zero-order chi connectivity index (χ0) is 13.2. The Balaban J connectivity index is 2.73. The normalized spacial score (nSPS) is 24.8. The molecule has 0 unspecified atom stereocenters. The third kappa shape index (κ3) is 3.59. The molecular weight excluding hydrogens is 222 g/mol. The summed E-state index contributed by atoms with van der Waals surface area (Å²) in [6.45, 7) is 5.81. The number of nitrogens with zero attached hydrogens (tertiary/aromatic N) is 1. The van der Waals surface area contributed by atoms with Crippen LogP contribution in [-0.2, 0) is 9.53 Å². The van der Waals surface area contributed by atoms with Crippen LogP contribution >= 0.6 is 0 Å². The molecule has 0 aliphatic carbocycles. The number of nitrogens with one attached hydrogen (secondary N) is 1. The molecule has 1 rings (SSSR count). The minimum absolute atomic E-state index is 0.0834. The van der Waals surface area contributed by atoms with Gasteiger partial charge in [0.1, 0.15) is 11.6 Å². The van der Waals surface area contributed by atoms with E-state index in [0.29, 0.717) is 13.0 Å². The largest absolute Gasteiger partial charge is 0.444 e. The predicted octanol–water partition coefficient (Wildman–Crippen LogP) is 0.0691. The third-order valence-corrected chi connectivity index (χ3v) is 2.67. The summed E-state index contributed by atoms with van der Waals surface area (Å²) in [6, 6.07) is -0.498. The predicted molar refractivity (Wildman–Crippen MR) is 63.4 cm³/mol. The summed E-state index contributed by atoms with van der Waals surface area (Å²) in [5.74, 6) is -0.492. The molecule has 0 aromatic rings. The second-order valence-electron chi connectivity index (χ2n) is 5.27. The van der Waals surface area contributed by atoms with Crippen LogP contribution in [-0.4, -0.2) is 48.2 Å². The quantitative estimate of drug-likeness (QED) is 0.718. The molecule has 0 spiro atoms. The Hall–Kier alpha value is -1.30. The zero-order valence-electron chi connectivity index (χ0n) is 10.8. The van der Waals surface area contributed by atoms with Crippen LogP contribution in [0.2, 0.25) is 0 Å². The Kier molecular flexibility index (Phi) is 3.98. The second kappa shape index (κ2) is 4.91. The summed E-state index contributed by atoms with van der Waals surface area (Å²) >= 11 is 0. The summed E-state index contributed by atoms with van der Waals surface area (Å²) < 4.78 is 5.25. The summed E-state index contributed by atoms with van der Waals surface area (Å²) in [4.78, 5) is 24.6. The van der Waals surface area contributed by atoms with E-state index in [-0.39, 0.29) is 6.04 Å². The van der Waals surface area contributed by atoms with E-state index in [1.807, 2.05) is 0 Å². The van der Waals surface area contributed by atoms with E-state index in [4.69, 9.17) is 10.5 Å². The van der Waals surface area contributed by atoms with E-state index in [0.717, 1.165) is 0 Å². The molecule has 1 fully saturated rings. The van der Waals surface area contributed by atoms with Gasteiger partial charge in [-0.05, 0) is 34.2 Å². The molecule has 0 saturated carbocycles. The van der Waals surface area contributed by atoms with Gasteiger partial charge >= 0.3 is 6.09 Å². The van der Waals surface area contributed by atoms with Gasteiger partial charge in [-0.1, -0.05) is 0 Å². The monoisotopic (exact) mass is 243 g/mol. The van der Waals surface area contributed by atoms with Gasteiger partial charge in [0.15, 0.2) is 0 Å². The van der Waals surface area contributed by atoms with Crippen LogP contribution in [0, 0.1) is 0 Å². The summed E-state index contributed by atoms with van der Waals surface area (Å²) in [7, 11) is 1.79. The van der Waals surface area contributed by atoms with E-state index >= 15 is 0 Å². The fourth-order valence-electron chi connectivity index (χ4n) is 1.84. The highest BCUT2D eigenvalue weighted by Crippen LogP contribution is 2.20. The topological polar surface area (TPSA) is 84.7 Å². The highest BCUT2D eigenvalue weighted by atomic mass is 16.6. The molecule has 0 bridgehead atoms. The SMILES string of the molecule is CN[C@@H]1C[C@H](C(N)=O)N(C(=O)OC(C)(C)C)C1. The van der Waals surface area contributed by atoms with Gasteiger partial charge in [-0.25, -0.2) is 4.79 Å². The maximum absolute atomic E-state index is 11.9. The first-order chi connectivity index (χ1) is 7.74. The van der Waals surface area contributed by atoms with Crippen molar-refractivity contribution in [2.75, 3.05) is 13.6 Å². The van der Waals surface area contributed by atoms with Crippen molar-refractivity contribution in [2.45, 2.75) is 44.9 Å². The van der Waals surface area contributed by atoms with Crippen LogP contribution in [0.1, 0.15) is 27.2 Å². The molecule has 2 atom stereocenters. The molecule has 6 heteroatoms. The van der Waals surface area contributed by atoms with Crippen molar-refractivity contribution in [1.29, 1.82) is 0 Å². The number of likely N-dealkylation sites (tertiary alicyclic amines) is 1. The lowest BCUT2D eigenvalue weighted by Crippen LogP contribution is -2.46. The Labute approximate surface area is 101 Å². The standard InChI is InChI=1S/C11H21N3O3/c1-11(2,3)17-10(16)14-6-7(13-4)5-8(14)9(12)15/h7-8,13H,5-6H2,1-4H3,(H2,12,15)/t7-,8-/m1/s1. The van der Waals surface area contributed by atoms with Crippen LogP contribution in [0.5, 0.6) is 0 Å². The number of amides is 2. The molecule has 17 heavy (non-hydrogen) atoms. The minimum Gasteiger partial charge on any atom is -0.444 e. The first kappa shape index (κ1) is 13.8. The van der Waals surface area contributed by atoms with Crippen LogP contribution in [0.3, 0.4) is 0 Å². The lowest BCUT2D eigenvalue weighted by molar-refractivity contribution is -0.122. The van der Waals surface area contributed by atoms with E-state index in [2.05, 4.69) is 5.32 Å². The third-order valence-electron chi connectivity index (χ3n) is 2.67. The smallest absolute Gasteiger partial charge is 0.411 e. The number of carbonyl (C=O) groups is 2. The molecule has 0 radical (unpaired) electrons. The molecule has 3 N–H and O–H groups in total. The second-order valence-corrected chi connectivity index (χ2v) is 5.27. The van der Waals surface area contributed by atoms with Crippen LogP contribution in [0.25, 0.3) is 0 Å². The van der Waals surface area contributed by atoms with Crippen LogP contribution < -0.4 is 11.1 Å². The van der Waals surface area contributed by atoms with Gasteiger partial charge < -0.3 is 15.8 Å². The number of nitrogens with two attached hydrogens (primary N) is 1. The lowest BCUT2D eigenvalue weighted by atomic mass is 10.1. The molecule has 1 aliphatic rings. The average Bonchev–Trinajstić information content (AvgIpc) is 2.58. The highest BCUT2D eigenvalue weighted by Gasteiger charge is 2.39. The Morgan fingerprint density at radius 2 is 2.00 bits per heavy atom. The number of hydrogen-bond acceptors (Lipinski definition) is 4. The van der Waals surface area contributed by atoms with E-state index < -0.39 is 23.6 Å². The minimum atomic E-state index is -0.581. The Bertz CT molecular complexity index is 312. The Morgan fingerprint density at radius 3 is 2.41 bits per heavy atom. The number of rotatable bonds is 2. The lowest BCUT2D eigenvalue weighted by Gasteiger charge is -2.27. The molecule has 1 saturated heterocycles. The molecule has 6 nitrogen and oxygen atoms in total. The Morgan fingerprint density at radius 1 is 1.41 bits per heavy atom. The van der Waals surface area contributed by atoms with E-state index in [1.165, 1.54) is 4.90 Å². The number of primary amides is 1. The fraction of sp³-hybridized carbons (Fsp3) is 0.818. The van der Waals surface area contributed by atoms with Crippen molar-refractivity contribution in [1.82, 2.24) is 10.2 Å². The van der Waals surface area contributed by atoms with Gasteiger partial charge in [0, 0.05) is 12.6 Å². The number of carbonyl (C=O) groups excluding carboxylic acids is 2. The van der Waals surface area contributed by atoms with E-state index in [9.17, 15) is 9.59 Å². The fourth-order valence-corrected chi connectivity index (χ4v) is 1.84. The van der Waals surface area contributed by atoms with Crippen molar-refractivity contribution in [2.24, 2.45) is 5.73 Å². The average molecular weight is 243 g/mol. The maximum Gasteiger partial charge on any atom is 0.411 e. The zero-order valence-corrected chi connectivity index (χ0v) is 10.8. The van der Waals surface area contributed by atoms with E-state index in [1.54, 1.807) is 27.8 Å². The van der Waals surface area contributed by atoms with Gasteiger partial charge in [0.2, 0.25) is 5.91 Å². The molecule has 98 valence electrons.